The van der Waals surface area contributed by atoms with Crippen molar-refractivity contribution >= 4 is 33.0 Å². The van der Waals surface area contributed by atoms with Gasteiger partial charge in [-0.05, 0) is 37.2 Å². The lowest BCUT2D eigenvalue weighted by Crippen LogP contribution is -2.53. The lowest BCUT2D eigenvalue weighted by atomic mass is 10.2. The number of hydrogen-bond acceptors (Lipinski definition) is 6. The average Bonchev–Trinajstić information content (AvgIpc) is 3.20. The largest absolute Gasteiger partial charge is 0.376 e. The lowest BCUT2D eigenvalue weighted by molar-refractivity contribution is -0.384. The minimum atomic E-state index is -3.68. The van der Waals surface area contributed by atoms with Crippen molar-refractivity contribution in [2.75, 3.05) is 39.3 Å². The number of nitro groups is 1. The van der Waals surface area contributed by atoms with Crippen LogP contribution < -0.4 is 5.32 Å². The Labute approximate surface area is 163 Å². The van der Waals surface area contributed by atoms with Gasteiger partial charge in [0.15, 0.2) is 5.11 Å². The van der Waals surface area contributed by atoms with E-state index in [0.717, 1.165) is 19.4 Å². The third-order valence-corrected chi connectivity index (χ3v) is 7.03. The van der Waals surface area contributed by atoms with E-state index in [1.807, 2.05) is 4.90 Å². The number of nitro benzene ring substituents is 1. The van der Waals surface area contributed by atoms with Crippen LogP contribution in [0.5, 0.6) is 0 Å². The first kappa shape index (κ1) is 19.9. The highest BCUT2D eigenvalue weighted by Crippen LogP contribution is 2.21. The van der Waals surface area contributed by atoms with Gasteiger partial charge >= 0.3 is 0 Å². The second-order valence-electron chi connectivity index (χ2n) is 6.46. The first-order valence-electron chi connectivity index (χ1n) is 8.77. The number of benzene rings is 1. The fourth-order valence-electron chi connectivity index (χ4n) is 3.14. The number of hydrogen-bond donors (Lipinski definition) is 1. The van der Waals surface area contributed by atoms with Gasteiger partial charge in [-0.1, -0.05) is 0 Å². The molecule has 2 aliphatic heterocycles. The molecule has 0 amide bonds. The van der Waals surface area contributed by atoms with Gasteiger partial charge in [0, 0.05) is 51.5 Å². The molecule has 0 radical (unpaired) electrons. The van der Waals surface area contributed by atoms with Crippen LogP contribution in [0.4, 0.5) is 5.69 Å². The number of non-ortho nitro benzene ring substituents is 1. The molecule has 1 aromatic rings. The molecule has 1 N–H and O–H groups in total. The predicted molar refractivity (Wildman–Crippen MR) is 103 cm³/mol. The zero-order valence-corrected chi connectivity index (χ0v) is 16.4. The number of rotatable bonds is 5. The summed E-state index contributed by atoms with van der Waals surface area (Å²) < 4.78 is 32.4. The molecule has 9 nitrogen and oxygen atoms in total. The molecule has 2 aliphatic rings. The van der Waals surface area contributed by atoms with Gasteiger partial charge in [-0.25, -0.2) is 8.42 Å². The minimum Gasteiger partial charge on any atom is -0.376 e. The van der Waals surface area contributed by atoms with Crippen LogP contribution in [-0.2, 0) is 14.8 Å². The smallest absolute Gasteiger partial charge is 0.269 e. The Kier molecular flexibility index (Phi) is 6.25. The summed E-state index contributed by atoms with van der Waals surface area (Å²) >= 11 is 5.40. The molecular weight excluding hydrogens is 392 g/mol. The van der Waals surface area contributed by atoms with Crippen molar-refractivity contribution in [1.29, 1.82) is 0 Å². The Morgan fingerprint density at radius 1 is 1.26 bits per heavy atom. The SMILES string of the molecule is O=[N+]([O-])c1ccc(S(=O)(=O)N2CCN(C(=S)NC[C@@H]3CCCO3)CC2)cc1. The fraction of sp³-hybridized carbons (Fsp3) is 0.562. The van der Waals surface area contributed by atoms with Crippen LogP contribution in [0.15, 0.2) is 29.2 Å². The van der Waals surface area contributed by atoms with E-state index in [1.165, 1.54) is 28.6 Å². The Morgan fingerprint density at radius 3 is 2.48 bits per heavy atom. The van der Waals surface area contributed by atoms with Crippen LogP contribution >= 0.6 is 12.2 Å². The fourth-order valence-corrected chi connectivity index (χ4v) is 4.83. The summed E-state index contributed by atoms with van der Waals surface area (Å²) in [6, 6.07) is 4.95. The second-order valence-corrected chi connectivity index (χ2v) is 8.79. The van der Waals surface area contributed by atoms with E-state index < -0.39 is 14.9 Å². The van der Waals surface area contributed by atoms with Crippen LogP contribution in [0.2, 0.25) is 0 Å². The quantitative estimate of drug-likeness (QED) is 0.431. The highest BCUT2D eigenvalue weighted by molar-refractivity contribution is 7.89. The predicted octanol–water partition coefficient (Wildman–Crippen LogP) is 0.955. The molecule has 0 unspecified atom stereocenters. The Bertz CT molecular complexity index is 786. The van der Waals surface area contributed by atoms with E-state index in [4.69, 9.17) is 17.0 Å². The number of ether oxygens (including phenoxy) is 1. The van der Waals surface area contributed by atoms with E-state index in [0.29, 0.717) is 37.8 Å². The van der Waals surface area contributed by atoms with Gasteiger partial charge in [0.2, 0.25) is 10.0 Å². The summed E-state index contributed by atoms with van der Waals surface area (Å²) in [4.78, 5) is 12.2. The molecule has 2 heterocycles. The monoisotopic (exact) mass is 414 g/mol. The summed E-state index contributed by atoms with van der Waals surface area (Å²) in [6.45, 7) is 3.05. The third kappa shape index (κ3) is 4.72. The normalized spacial score (nSPS) is 21.2. The van der Waals surface area contributed by atoms with Gasteiger partial charge in [0.1, 0.15) is 0 Å². The van der Waals surface area contributed by atoms with Gasteiger partial charge in [0.05, 0.1) is 15.9 Å². The lowest BCUT2D eigenvalue weighted by Gasteiger charge is -2.35. The molecule has 0 aromatic heterocycles. The molecule has 0 spiro atoms. The van der Waals surface area contributed by atoms with Crippen LogP contribution in [0, 0.1) is 10.1 Å². The average molecular weight is 415 g/mol. The van der Waals surface area contributed by atoms with Crippen molar-refractivity contribution in [3.63, 3.8) is 0 Å². The van der Waals surface area contributed by atoms with Crippen molar-refractivity contribution < 1.29 is 18.1 Å². The van der Waals surface area contributed by atoms with E-state index >= 15 is 0 Å². The van der Waals surface area contributed by atoms with E-state index in [9.17, 15) is 18.5 Å². The number of piperazine rings is 1. The number of sulfonamides is 1. The zero-order chi connectivity index (χ0) is 19.4. The molecule has 1 aromatic carbocycles. The van der Waals surface area contributed by atoms with Crippen molar-refractivity contribution in [3.8, 4) is 0 Å². The van der Waals surface area contributed by atoms with Crippen LogP contribution in [-0.4, -0.2) is 73.1 Å². The maximum absolute atomic E-state index is 12.7. The molecule has 2 saturated heterocycles. The molecule has 0 saturated carbocycles. The first-order valence-corrected chi connectivity index (χ1v) is 10.6. The molecule has 3 rings (SSSR count). The minimum absolute atomic E-state index is 0.0561. The summed E-state index contributed by atoms with van der Waals surface area (Å²) in [5.41, 5.74) is -0.138. The van der Waals surface area contributed by atoms with Crippen LogP contribution in [0.3, 0.4) is 0 Å². The Hall–Kier alpha value is -1.82. The molecule has 27 heavy (non-hydrogen) atoms. The van der Waals surface area contributed by atoms with E-state index in [-0.39, 0.29) is 16.7 Å². The first-order chi connectivity index (χ1) is 12.9. The van der Waals surface area contributed by atoms with Crippen molar-refractivity contribution in [1.82, 2.24) is 14.5 Å². The molecule has 1 atom stereocenters. The van der Waals surface area contributed by atoms with Crippen molar-refractivity contribution in [2.45, 2.75) is 23.8 Å². The highest BCUT2D eigenvalue weighted by Gasteiger charge is 2.29. The molecule has 2 fully saturated rings. The van der Waals surface area contributed by atoms with Gasteiger partial charge < -0.3 is 15.0 Å². The van der Waals surface area contributed by atoms with Gasteiger partial charge in [-0.15, -0.1) is 0 Å². The summed E-state index contributed by atoms with van der Waals surface area (Å²) in [5, 5.41) is 14.5. The zero-order valence-electron chi connectivity index (χ0n) is 14.7. The maximum Gasteiger partial charge on any atom is 0.269 e. The molecule has 0 aliphatic carbocycles. The van der Waals surface area contributed by atoms with Gasteiger partial charge in [-0.3, -0.25) is 10.1 Å². The van der Waals surface area contributed by atoms with Gasteiger partial charge in [0.25, 0.3) is 5.69 Å². The summed E-state index contributed by atoms with van der Waals surface area (Å²) in [5.74, 6) is 0. The summed E-state index contributed by atoms with van der Waals surface area (Å²) in [7, 11) is -3.68. The van der Waals surface area contributed by atoms with Crippen molar-refractivity contribution in [3.05, 3.63) is 34.4 Å². The van der Waals surface area contributed by atoms with Crippen LogP contribution in [0.25, 0.3) is 0 Å². The second kappa shape index (κ2) is 8.46. The maximum atomic E-state index is 12.7. The molecular formula is C16H22N4O5S2. The molecule has 11 heteroatoms. The number of thiocarbonyl (C=S) groups is 1. The number of nitrogens with one attached hydrogen (secondary N) is 1. The van der Waals surface area contributed by atoms with E-state index in [2.05, 4.69) is 5.32 Å². The van der Waals surface area contributed by atoms with Crippen molar-refractivity contribution in [2.24, 2.45) is 0 Å². The molecule has 148 valence electrons. The molecule has 0 bridgehead atoms. The van der Waals surface area contributed by atoms with Gasteiger partial charge in [-0.2, -0.15) is 4.31 Å². The van der Waals surface area contributed by atoms with E-state index in [1.54, 1.807) is 0 Å². The summed E-state index contributed by atoms with van der Waals surface area (Å²) in [6.07, 6.45) is 2.28. The number of nitrogens with zero attached hydrogens (tertiary/aromatic N) is 3. The third-order valence-electron chi connectivity index (χ3n) is 4.72. The standard InChI is InChI=1S/C16H22N4O5S2/c21-20(22)13-3-5-15(6-4-13)27(23,24)19-9-7-18(8-10-19)16(26)17-12-14-2-1-11-25-14/h3-6,14H,1-2,7-12H2,(H,17,26)/t14-/m0/s1. The Morgan fingerprint density at radius 2 is 1.93 bits per heavy atom. The Balaban J connectivity index is 1.54. The topological polar surface area (TPSA) is 105 Å². The van der Waals surface area contributed by atoms with Crippen LogP contribution in [0.1, 0.15) is 12.8 Å². The highest BCUT2D eigenvalue weighted by atomic mass is 32.2.